The van der Waals surface area contributed by atoms with E-state index in [9.17, 15) is 14.4 Å². The Labute approximate surface area is 176 Å². The van der Waals surface area contributed by atoms with Crippen molar-refractivity contribution in [1.82, 2.24) is 5.43 Å². The fourth-order valence-electron chi connectivity index (χ4n) is 2.84. The molecule has 1 fully saturated rings. The Hall–Kier alpha value is -3.13. The van der Waals surface area contributed by atoms with Crippen LogP contribution in [0.25, 0.3) is 6.08 Å². The van der Waals surface area contributed by atoms with Crippen LogP contribution in [0.1, 0.15) is 23.6 Å². The third-order valence-corrected chi connectivity index (χ3v) is 5.04. The highest BCUT2D eigenvalue weighted by atomic mass is 79.9. The number of hydrogen-bond acceptors (Lipinski definition) is 5. The molecule has 8 heteroatoms. The highest BCUT2D eigenvalue weighted by Gasteiger charge is 2.34. The molecule has 1 aliphatic heterocycles. The van der Waals surface area contributed by atoms with Crippen molar-refractivity contribution in [2.45, 2.75) is 20.8 Å². The van der Waals surface area contributed by atoms with Crippen LogP contribution in [0.15, 0.2) is 40.4 Å². The van der Waals surface area contributed by atoms with Gasteiger partial charge in [0.1, 0.15) is 5.57 Å². The van der Waals surface area contributed by atoms with Gasteiger partial charge in [0.15, 0.2) is 11.5 Å². The molecule has 0 saturated carbocycles. The van der Waals surface area contributed by atoms with Crippen LogP contribution in [0, 0.1) is 13.8 Å². The van der Waals surface area contributed by atoms with E-state index in [2.05, 4.69) is 21.4 Å². The fraction of sp³-hybridized carbons (Fsp3) is 0.190. The monoisotopic (exact) mass is 458 g/mol. The lowest BCUT2D eigenvalue weighted by Gasteiger charge is -2.16. The van der Waals surface area contributed by atoms with Crippen LogP contribution in [0.2, 0.25) is 0 Å². The van der Waals surface area contributed by atoms with Gasteiger partial charge in [-0.1, -0.05) is 6.07 Å². The van der Waals surface area contributed by atoms with Gasteiger partial charge < -0.3 is 9.47 Å². The van der Waals surface area contributed by atoms with Crippen LogP contribution in [0.3, 0.4) is 0 Å². The van der Waals surface area contributed by atoms with Crippen molar-refractivity contribution >= 4 is 45.5 Å². The van der Waals surface area contributed by atoms with Crippen molar-refractivity contribution < 1.29 is 23.9 Å². The molecule has 0 atom stereocenters. The quantitative estimate of drug-likeness (QED) is 0.328. The molecule has 0 aliphatic carbocycles. The predicted octanol–water partition coefficient (Wildman–Crippen LogP) is 3.46. The molecule has 0 aromatic heterocycles. The first-order valence-electron chi connectivity index (χ1n) is 8.71. The number of anilines is 1. The Bertz CT molecular complexity index is 1060. The number of ether oxygens (including phenoxy) is 2. The van der Waals surface area contributed by atoms with Crippen molar-refractivity contribution in [1.29, 1.82) is 0 Å². The van der Waals surface area contributed by atoms with Crippen LogP contribution in [0.5, 0.6) is 11.5 Å². The molecule has 150 valence electrons. The molecule has 0 radical (unpaired) electrons. The normalized spacial score (nSPS) is 14.9. The summed E-state index contributed by atoms with van der Waals surface area (Å²) in [6.07, 6.45) is 1.46. The third kappa shape index (κ3) is 4.17. The number of carbonyl (C=O) groups excluding carboxylic acids is 3. The number of amides is 2. The number of halogens is 1. The van der Waals surface area contributed by atoms with E-state index in [1.807, 2.05) is 26.0 Å². The van der Waals surface area contributed by atoms with Gasteiger partial charge in [-0.05, 0) is 76.8 Å². The van der Waals surface area contributed by atoms with E-state index in [1.165, 1.54) is 25.1 Å². The van der Waals surface area contributed by atoms with Crippen LogP contribution >= 0.6 is 15.9 Å². The second-order valence-electron chi connectivity index (χ2n) is 6.54. The lowest BCUT2D eigenvalue weighted by molar-refractivity contribution is -0.132. The lowest BCUT2D eigenvalue weighted by Crippen LogP contribution is -2.35. The molecule has 3 rings (SSSR count). The number of hydrazine groups is 1. The highest BCUT2D eigenvalue weighted by molar-refractivity contribution is 9.10. The Balaban J connectivity index is 1.97. The van der Waals surface area contributed by atoms with Crippen molar-refractivity contribution in [3.63, 3.8) is 0 Å². The van der Waals surface area contributed by atoms with Gasteiger partial charge in [0.25, 0.3) is 11.8 Å². The first-order valence-corrected chi connectivity index (χ1v) is 9.51. The van der Waals surface area contributed by atoms with E-state index in [0.717, 1.165) is 11.1 Å². The minimum absolute atomic E-state index is 0.0163. The number of rotatable bonds is 4. The summed E-state index contributed by atoms with van der Waals surface area (Å²) in [5.74, 6) is -0.950. The maximum atomic E-state index is 12.8. The average Bonchev–Trinajstić information content (AvgIpc) is 2.93. The van der Waals surface area contributed by atoms with E-state index in [4.69, 9.17) is 9.47 Å². The number of hydrogen-bond donors (Lipinski definition) is 1. The van der Waals surface area contributed by atoms with Crippen LogP contribution in [0.4, 0.5) is 5.69 Å². The molecule has 2 amide bonds. The zero-order valence-electron chi connectivity index (χ0n) is 16.3. The van der Waals surface area contributed by atoms with Crippen molar-refractivity contribution in [2.75, 3.05) is 12.1 Å². The second kappa shape index (κ2) is 8.08. The molecule has 2 aromatic rings. The number of nitrogens with zero attached hydrogens (tertiary/aromatic N) is 1. The molecule has 2 aromatic carbocycles. The van der Waals surface area contributed by atoms with E-state index in [1.54, 1.807) is 18.2 Å². The molecule has 1 heterocycles. The minimum Gasteiger partial charge on any atom is -0.493 e. The van der Waals surface area contributed by atoms with E-state index < -0.39 is 17.8 Å². The van der Waals surface area contributed by atoms with E-state index in [-0.39, 0.29) is 11.3 Å². The molecule has 0 unspecified atom stereocenters. The van der Waals surface area contributed by atoms with Gasteiger partial charge in [0, 0.05) is 6.92 Å². The predicted molar refractivity (Wildman–Crippen MR) is 112 cm³/mol. The summed E-state index contributed by atoms with van der Waals surface area (Å²) in [6, 6.07) is 8.71. The number of esters is 1. The van der Waals surface area contributed by atoms with Crippen LogP contribution in [-0.4, -0.2) is 24.9 Å². The van der Waals surface area contributed by atoms with Crippen LogP contribution in [-0.2, 0) is 14.4 Å². The van der Waals surface area contributed by atoms with Crippen molar-refractivity contribution in [2.24, 2.45) is 0 Å². The molecule has 29 heavy (non-hydrogen) atoms. The maximum absolute atomic E-state index is 12.8. The van der Waals surface area contributed by atoms with E-state index in [0.29, 0.717) is 21.5 Å². The van der Waals surface area contributed by atoms with Crippen molar-refractivity contribution in [3.8, 4) is 11.5 Å². The topological polar surface area (TPSA) is 84.9 Å². The Morgan fingerprint density at radius 3 is 2.48 bits per heavy atom. The summed E-state index contributed by atoms with van der Waals surface area (Å²) in [5.41, 5.74) is 5.78. The average molecular weight is 459 g/mol. The van der Waals surface area contributed by atoms with Gasteiger partial charge in [0.05, 0.1) is 17.3 Å². The summed E-state index contributed by atoms with van der Waals surface area (Å²) < 4.78 is 10.9. The first kappa shape index (κ1) is 20.6. The summed E-state index contributed by atoms with van der Waals surface area (Å²) in [6.45, 7) is 5.19. The summed E-state index contributed by atoms with van der Waals surface area (Å²) >= 11 is 3.33. The molecule has 1 N–H and O–H groups in total. The third-order valence-electron chi connectivity index (χ3n) is 4.45. The largest absolute Gasteiger partial charge is 0.493 e. The highest BCUT2D eigenvalue weighted by Crippen LogP contribution is 2.37. The van der Waals surface area contributed by atoms with Crippen molar-refractivity contribution in [3.05, 3.63) is 57.1 Å². The molecular formula is C21H19BrN2O5. The zero-order valence-corrected chi connectivity index (χ0v) is 17.9. The number of methoxy groups -OCH3 is 1. The van der Waals surface area contributed by atoms with Gasteiger partial charge in [-0.3, -0.25) is 19.8 Å². The van der Waals surface area contributed by atoms with Gasteiger partial charge in [-0.15, -0.1) is 0 Å². The summed E-state index contributed by atoms with van der Waals surface area (Å²) in [7, 11) is 1.43. The number of nitrogens with one attached hydrogen (secondary N) is 1. The van der Waals surface area contributed by atoms with Gasteiger partial charge in [-0.25, -0.2) is 5.01 Å². The number of aryl methyl sites for hydroxylation is 2. The van der Waals surface area contributed by atoms with Crippen LogP contribution < -0.4 is 19.9 Å². The van der Waals surface area contributed by atoms with Gasteiger partial charge in [-0.2, -0.15) is 0 Å². The Kier molecular flexibility index (Phi) is 5.74. The summed E-state index contributed by atoms with van der Waals surface area (Å²) in [4.78, 5) is 36.5. The summed E-state index contributed by atoms with van der Waals surface area (Å²) in [5, 5.41) is 1.22. The SMILES string of the molecule is COc1cc(/C=C2/C(=O)NN(c3ccc(C)c(C)c3)C2=O)cc(Br)c1OC(C)=O. The Morgan fingerprint density at radius 1 is 1.14 bits per heavy atom. The minimum atomic E-state index is -0.507. The number of benzene rings is 2. The number of carbonyl (C=O) groups is 3. The van der Waals surface area contributed by atoms with Gasteiger partial charge in [0.2, 0.25) is 0 Å². The fourth-order valence-corrected chi connectivity index (χ4v) is 3.38. The maximum Gasteiger partial charge on any atom is 0.308 e. The second-order valence-corrected chi connectivity index (χ2v) is 7.39. The van der Waals surface area contributed by atoms with Gasteiger partial charge >= 0.3 is 5.97 Å². The molecule has 1 aliphatic rings. The standard InChI is InChI=1S/C21H19BrN2O5/c1-11-5-6-15(7-12(11)2)24-21(27)16(20(26)23-24)8-14-9-17(22)19(29-13(3)25)18(10-14)28-4/h5-10H,1-4H3,(H,23,26)/b16-8-. The first-order chi connectivity index (χ1) is 13.7. The Morgan fingerprint density at radius 2 is 1.86 bits per heavy atom. The zero-order chi connectivity index (χ0) is 21.3. The lowest BCUT2D eigenvalue weighted by atomic mass is 10.1. The molecule has 0 bridgehead atoms. The smallest absolute Gasteiger partial charge is 0.308 e. The van der Waals surface area contributed by atoms with E-state index >= 15 is 0 Å². The molecule has 1 saturated heterocycles. The molecule has 0 spiro atoms. The molecule has 7 nitrogen and oxygen atoms in total. The molecular weight excluding hydrogens is 440 g/mol.